The average Bonchev–Trinajstić information content (AvgIpc) is 2.08. The van der Waals surface area contributed by atoms with Gasteiger partial charge in [-0.3, -0.25) is 0 Å². The summed E-state index contributed by atoms with van der Waals surface area (Å²) in [6.07, 6.45) is 15.2. The standard InChI is InChI=1S/C13H18/c1-11(2)7-6-10-13-9-5-4-8-12(13)3/h4-12H,1-3H3/b7-6-,13-10-. The Hall–Kier alpha value is -1.04. The fraction of sp³-hybridized carbons (Fsp3) is 0.385. The Morgan fingerprint density at radius 3 is 2.69 bits per heavy atom. The number of hydrogen-bond acceptors (Lipinski definition) is 0. The van der Waals surface area contributed by atoms with E-state index in [2.05, 4.69) is 63.3 Å². The minimum Gasteiger partial charge on any atom is -0.0820 e. The molecular weight excluding hydrogens is 156 g/mol. The van der Waals surface area contributed by atoms with Crippen LogP contribution in [0.2, 0.25) is 0 Å². The molecule has 70 valence electrons. The lowest BCUT2D eigenvalue weighted by atomic mass is 9.96. The first-order chi connectivity index (χ1) is 6.20. The van der Waals surface area contributed by atoms with Crippen molar-refractivity contribution in [3.05, 3.63) is 48.1 Å². The maximum atomic E-state index is 2.22. The van der Waals surface area contributed by atoms with Crippen LogP contribution in [0.15, 0.2) is 48.1 Å². The first kappa shape index (κ1) is 10.0. The zero-order chi connectivity index (χ0) is 9.68. The highest BCUT2D eigenvalue weighted by atomic mass is 14.1. The highest BCUT2D eigenvalue weighted by molar-refractivity contribution is 5.34. The van der Waals surface area contributed by atoms with Crippen LogP contribution < -0.4 is 0 Å². The van der Waals surface area contributed by atoms with Crippen LogP contribution in [-0.4, -0.2) is 0 Å². The molecule has 1 rings (SSSR count). The zero-order valence-corrected chi connectivity index (χ0v) is 8.70. The van der Waals surface area contributed by atoms with E-state index in [9.17, 15) is 0 Å². The van der Waals surface area contributed by atoms with Gasteiger partial charge in [-0.15, -0.1) is 0 Å². The van der Waals surface area contributed by atoms with Gasteiger partial charge in [0, 0.05) is 0 Å². The molecule has 0 aromatic rings. The Kier molecular flexibility index (Phi) is 3.75. The first-order valence-electron chi connectivity index (χ1n) is 4.93. The molecule has 0 spiro atoms. The van der Waals surface area contributed by atoms with Crippen LogP contribution in [0.4, 0.5) is 0 Å². The van der Waals surface area contributed by atoms with Gasteiger partial charge in [0.05, 0.1) is 0 Å². The lowest BCUT2D eigenvalue weighted by Crippen LogP contribution is -1.95. The van der Waals surface area contributed by atoms with Crippen LogP contribution in [0.1, 0.15) is 20.8 Å². The largest absolute Gasteiger partial charge is 0.0820 e. The van der Waals surface area contributed by atoms with Crippen molar-refractivity contribution in [3.63, 3.8) is 0 Å². The summed E-state index contributed by atoms with van der Waals surface area (Å²) in [5.74, 6) is 1.19. The number of allylic oxidation sites excluding steroid dienone is 8. The minimum atomic E-state index is 0.557. The second-order valence-electron chi connectivity index (χ2n) is 3.83. The van der Waals surface area contributed by atoms with Gasteiger partial charge in [0.1, 0.15) is 0 Å². The monoisotopic (exact) mass is 174 g/mol. The Balaban J connectivity index is 2.61. The molecule has 0 saturated heterocycles. The molecule has 0 aliphatic heterocycles. The van der Waals surface area contributed by atoms with Crippen LogP contribution in [0.25, 0.3) is 0 Å². The second-order valence-corrected chi connectivity index (χ2v) is 3.83. The van der Waals surface area contributed by atoms with E-state index in [1.54, 1.807) is 0 Å². The third kappa shape index (κ3) is 3.45. The van der Waals surface area contributed by atoms with Crippen LogP contribution >= 0.6 is 0 Å². The quantitative estimate of drug-likeness (QED) is 0.596. The van der Waals surface area contributed by atoms with E-state index in [4.69, 9.17) is 0 Å². The molecule has 0 aromatic heterocycles. The Morgan fingerprint density at radius 2 is 2.08 bits per heavy atom. The van der Waals surface area contributed by atoms with Crippen LogP contribution in [0.3, 0.4) is 0 Å². The Bertz CT molecular complexity index is 262. The third-order valence-corrected chi connectivity index (χ3v) is 2.11. The molecule has 0 saturated carbocycles. The van der Waals surface area contributed by atoms with Gasteiger partial charge in [-0.05, 0) is 17.4 Å². The summed E-state index contributed by atoms with van der Waals surface area (Å²) in [6.45, 7) is 6.60. The molecule has 1 atom stereocenters. The topological polar surface area (TPSA) is 0 Å². The molecule has 1 aliphatic carbocycles. The average molecular weight is 174 g/mol. The van der Waals surface area contributed by atoms with E-state index in [0.717, 1.165) is 0 Å². The molecule has 1 aliphatic rings. The van der Waals surface area contributed by atoms with Crippen molar-refractivity contribution in [1.29, 1.82) is 0 Å². The third-order valence-electron chi connectivity index (χ3n) is 2.11. The summed E-state index contributed by atoms with van der Waals surface area (Å²) in [5, 5.41) is 0. The molecule has 0 radical (unpaired) electrons. The van der Waals surface area contributed by atoms with E-state index in [1.807, 2.05) is 0 Å². The highest BCUT2D eigenvalue weighted by Gasteiger charge is 2.02. The maximum Gasteiger partial charge on any atom is -0.000732 e. The molecule has 0 amide bonds. The predicted molar refractivity (Wildman–Crippen MR) is 59.5 cm³/mol. The SMILES string of the molecule is CC(C)/C=C\C=C1\C=CC=CC1C. The van der Waals surface area contributed by atoms with Crippen molar-refractivity contribution >= 4 is 0 Å². The number of rotatable bonds is 2. The summed E-state index contributed by atoms with van der Waals surface area (Å²) >= 11 is 0. The van der Waals surface area contributed by atoms with Gasteiger partial charge >= 0.3 is 0 Å². The maximum absolute atomic E-state index is 2.22. The normalized spacial score (nSPS) is 25.2. The van der Waals surface area contributed by atoms with Crippen molar-refractivity contribution in [1.82, 2.24) is 0 Å². The van der Waals surface area contributed by atoms with Gasteiger partial charge in [0.2, 0.25) is 0 Å². The van der Waals surface area contributed by atoms with Gasteiger partial charge in [0.15, 0.2) is 0 Å². The molecule has 0 fully saturated rings. The molecule has 1 unspecified atom stereocenters. The lowest BCUT2D eigenvalue weighted by Gasteiger charge is -2.09. The molecule has 0 bridgehead atoms. The van der Waals surface area contributed by atoms with E-state index in [1.165, 1.54) is 5.57 Å². The van der Waals surface area contributed by atoms with E-state index in [0.29, 0.717) is 11.8 Å². The molecule has 0 N–H and O–H groups in total. The molecular formula is C13H18. The van der Waals surface area contributed by atoms with Gasteiger partial charge in [-0.2, -0.15) is 0 Å². The van der Waals surface area contributed by atoms with Gasteiger partial charge < -0.3 is 0 Å². The second kappa shape index (κ2) is 4.86. The molecule has 0 heteroatoms. The zero-order valence-electron chi connectivity index (χ0n) is 8.70. The van der Waals surface area contributed by atoms with Crippen molar-refractivity contribution in [2.45, 2.75) is 20.8 Å². The molecule has 0 nitrogen and oxygen atoms in total. The van der Waals surface area contributed by atoms with E-state index < -0.39 is 0 Å². The fourth-order valence-corrected chi connectivity index (χ4v) is 1.26. The summed E-state index contributed by atoms with van der Waals surface area (Å²) in [4.78, 5) is 0. The van der Waals surface area contributed by atoms with Gasteiger partial charge in [-0.1, -0.05) is 63.3 Å². The van der Waals surface area contributed by atoms with Crippen LogP contribution in [0, 0.1) is 11.8 Å². The van der Waals surface area contributed by atoms with Crippen molar-refractivity contribution < 1.29 is 0 Å². The first-order valence-corrected chi connectivity index (χ1v) is 4.93. The summed E-state index contributed by atoms with van der Waals surface area (Å²) in [6, 6.07) is 0. The predicted octanol–water partition coefficient (Wildman–Crippen LogP) is 3.89. The molecule has 0 aromatic carbocycles. The smallest absolute Gasteiger partial charge is 0.000732 e. The number of hydrogen-bond donors (Lipinski definition) is 0. The lowest BCUT2D eigenvalue weighted by molar-refractivity contribution is 0.830. The van der Waals surface area contributed by atoms with Crippen molar-refractivity contribution in [3.8, 4) is 0 Å². The highest BCUT2D eigenvalue weighted by Crippen LogP contribution is 2.17. The van der Waals surface area contributed by atoms with Gasteiger partial charge in [0.25, 0.3) is 0 Å². The molecule has 13 heavy (non-hydrogen) atoms. The Labute approximate surface area is 81.4 Å². The van der Waals surface area contributed by atoms with E-state index >= 15 is 0 Å². The fourth-order valence-electron chi connectivity index (χ4n) is 1.26. The van der Waals surface area contributed by atoms with Crippen LogP contribution in [-0.2, 0) is 0 Å². The summed E-state index contributed by atoms with van der Waals surface area (Å²) in [5.41, 5.74) is 1.39. The van der Waals surface area contributed by atoms with Crippen molar-refractivity contribution in [2.75, 3.05) is 0 Å². The summed E-state index contributed by atoms with van der Waals surface area (Å²) in [7, 11) is 0. The minimum absolute atomic E-state index is 0.557. The Morgan fingerprint density at radius 1 is 1.31 bits per heavy atom. The molecule has 0 heterocycles. The van der Waals surface area contributed by atoms with E-state index in [-0.39, 0.29) is 0 Å². The van der Waals surface area contributed by atoms with Gasteiger partial charge in [-0.25, -0.2) is 0 Å². The summed E-state index contributed by atoms with van der Waals surface area (Å²) < 4.78 is 0. The van der Waals surface area contributed by atoms with Crippen LogP contribution in [0.5, 0.6) is 0 Å². The van der Waals surface area contributed by atoms with Crippen molar-refractivity contribution in [2.24, 2.45) is 11.8 Å².